The molecule has 4 heteroatoms. The summed E-state index contributed by atoms with van der Waals surface area (Å²) in [5.74, 6) is 1.66. The number of methoxy groups -OCH3 is 1. The maximum Gasteiger partial charge on any atom is 0.159 e. The van der Waals surface area contributed by atoms with E-state index in [1.54, 1.807) is 7.11 Å². The van der Waals surface area contributed by atoms with Crippen LogP contribution in [0, 0.1) is 6.92 Å². The molecule has 0 aliphatic heterocycles. The van der Waals surface area contributed by atoms with E-state index >= 15 is 0 Å². The number of benzene rings is 1. The van der Waals surface area contributed by atoms with Gasteiger partial charge in [0.2, 0.25) is 0 Å². The predicted octanol–water partition coefficient (Wildman–Crippen LogP) is 3.19. The largest absolute Gasteiger partial charge is 0.496 e. The first-order chi connectivity index (χ1) is 10.2. The van der Waals surface area contributed by atoms with Gasteiger partial charge in [-0.3, -0.25) is 0 Å². The van der Waals surface area contributed by atoms with Crippen LogP contribution in [0.15, 0.2) is 24.4 Å². The second kappa shape index (κ2) is 5.82. The lowest BCUT2D eigenvalue weighted by Gasteiger charge is -2.13. The van der Waals surface area contributed by atoms with Gasteiger partial charge in [0, 0.05) is 29.1 Å². The zero-order valence-corrected chi connectivity index (χ0v) is 12.6. The number of aromatic nitrogens is 2. The maximum absolute atomic E-state index is 6.20. The summed E-state index contributed by atoms with van der Waals surface area (Å²) in [6.07, 6.45) is 6.24. The molecule has 1 unspecified atom stereocenters. The fraction of sp³-hybridized carbons (Fsp3) is 0.412. The van der Waals surface area contributed by atoms with Crippen LogP contribution in [0.3, 0.4) is 0 Å². The van der Waals surface area contributed by atoms with Gasteiger partial charge in [-0.1, -0.05) is 6.42 Å². The van der Waals surface area contributed by atoms with Gasteiger partial charge < -0.3 is 10.5 Å². The van der Waals surface area contributed by atoms with E-state index < -0.39 is 0 Å². The molecule has 21 heavy (non-hydrogen) atoms. The Kier molecular flexibility index (Phi) is 3.88. The molecule has 2 aromatic rings. The molecule has 2 N–H and O–H groups in total. The van der Waals surface area contributed by atoms with Gasteiger partial charge in [0.05, 0.1) is 7.11 Å². The normalized spacial score (nSPS) is 18.0. The van der Waals surface area contributed by atoms with Crippen molar-refractivity contribution in [3.05, 3.63) is 41.2 Å². The topological polar surface area (TPSA) is 61.0 Å². The van der Waals surface area contributed by atoms with Crippen molar-refractivity contribution in [2.24, 2.45) is 5.73 Å². The Hall–Kier alpha value is -1.94. The molecule has 0 spiro atoms. The summed E-state index contributed by atoms with van der Waals surface area (Å²) in [4.78, 5) is 9.28. The van der Waals surface area contributed by atoms with Crippen molar-refractivity contribution < 1.29 is 4.74 Å². The fourth-order valence-electron chi connectivity index (χ4n) is 2.91. The van der Waals surface area contributed by atoms with Crippen molar-refractivity contribution in [3.63, 3.8) is 0 Å². The summed E-state index contributed by atoms with van der Waals surface area (Å²) >= 11 is 0. The van der Waals surface area contributed by atoms with Crippen LogP contribution in [0.25, 0.3) is 11.4 Å². The quantitative estimate of drug-likeness (QED) is 0.860. The predicted molar refractivity (Wildman–Crippen MR) is 83.2 cm³/mol. The van der Waals surface area contributed by atoms with E-state index in [-0.39, 0.29) is 6.04 Å². The highest BCUT2D eigenvalue weighted by Gasteiger charge is 2.18. The molecule has 4 nitrogen and oxygen atoms in total. The molecule has 1 heterocycles. The van der Waals surface area contributed by atoms with Crippen LogP contribution in [-0.4, -0.2) is 17.1 Å². The van der Waals surface area contributed by atoms with Crippen LogP contribution in [0.5, 0.6) is 5.75 Å². The number of aryl methyl sites for hydroxylation is 2. The van der Waals surface area contributed by atoms with Gasteiger partial charge >= 0.3 is 0 Å². The third-order valence-corrected chi connectivity index (χ3v) is 4.13. The number of hydrogen-bond donors (Lipinski definition) is 1. The Labute approximate surface area is 125 Å². The third kappa shape index (κ3) is 2.76. The van der Waals surface area contributed by atoms with E-state index in [9.17, 15) is 0 Å². The van der Waals surface area contributed by atoms with Gasteiger partial charge in [-0.2, -0.15) is 0 Å². The smallest absolute Gasteiger partial charge is 0.159 e. The highest BCUT2D eigenvalue weighted by molar-refractivity contribution is 5.59. The molecule has 3 rings (SSSR count). The molecule has 1 aromatic heterocycles. The number of rotatable bonds is 2. The number of nitrogens with two attached hydrogens (primary N) is 1. The molecule has 0 radical (unpaired) electrons. The van der Waals surface area contributed by atoms with Crippen LogP contribution in [0.4, 0.5) is 0 Å². The van der Waals surface area contributed by atoms with Crippen molar-refractivity contribution in [1.82, 2.24) is 9.97 Å². The SMILES string of the molecule is COc1ccc(-c2ncc3c(n2)CCCCC3N)cc1C. The summed E-state index contributed by atoms with van der Waals surface area (Å²) in [6.45, 7) is 2.03. The average molecular weight is 283 g/mol. The van der Waals surface area contributed by atoms with Crippen LogP contribution in [0.2, 0.25) is 0 Å². The van der Waals surface area contributed by atoms with Gasteiger partial charge in [0.15, 0.2) is 5.82 Å². The minimum Gasteiger partial charge on any atom is -0.496 e. The molecule has 1 aromatic carbocycles. The summed E-state index contributed by atoms with van der Waals surface area (Å²) in [6, 6.07) is 6.11. The first-order valence-electron chi connectivity index (χ1n) is 7.45. The van der Waals surface area contributed by atoms with E-state index in [2.05, 4.69) is 11.1 Å². The zero-order valence-electron chi connectivity index (χ0n) is 12.6. The van der Waals surface area contributed by atoms with Gasteiger partial charge in [0.1, 0.15) is 5.75 Å². The third-order valence-electron chi connectivity index (χ3n) is 4.13. The molecular formula is C17H21N3O. The van der Waals surface area contributed by atoms with E-state index in [0.717, 1.165) is 59.6 Å². The summed E-state index contributed by atoms with van der Waals surface area (Å²) < 4.78 is 5.30. The highest BCUT2D eigenvalue weighted by atomic mass is 16.5. The second-order valence-corrected chi connectivity index (χ2v) is 5.63. The molecule has 0 saturated heterocycles. The summed E-state index contributed by atoms with van der Waals surface area (Å²) in [5.41, 5.74) is 10.5. The minimum absolute atomic E-state index is 0.0779. The van der Waals surface area contributed by atoms with Crippen molar-refractivity contribution >= 4 is 0 Å². The van der Waals surface area contributed by atoms with Gasteiger partial charge in [0.25, 0.3) is 0 Å². The van der Waals surface area contributed by atoms with Gasteiger partial charge in [-0.15, -0.1) is 0 Å². The first kappa shape index (κ1) is 14.0. The number of hydrogen-bond acceptors (Lipinski definition) is 4. The lowest BCUT2D eigenvalue weighted by atomic mass is 10.1. The standard InChI is InChI=1S/C17H21N3O/c1-11-9-12(7-8-16(11)21-2)17-19-10-13-14(18)5-3-4-6-15(13)20-17/h7-10,14H,3-6,18H2,1-2H3. The Morgan fingerprint density at radius 3 is 2.90 bits per heavy atom. The molecular weight excluding hydrogens is 262 g/mol. The Balaban J connectivity index is 2.00. The van der Waals surface area contributed by atoms with Crippen molar-refractivity contribution in [2.45, 2.75) is 38.6 Å². The van der Waals surface area contributed by atoms with E-state index in [0.29, 0.717) is 0 Å². The lowest BCUT2D eigenvalue weighted by molar-refractivity contribution is 0.412. The van der Waals surface area contributed by atoms with Crippen molar-refractivity contribution in [3.8, 4) is 17.1 Å². The lowest BCUT2D eigenvalue weighted by Crippen LogP contribution is -2.12. The monoisotopic (exact) mass is 283 g/mol. The van der Waals surface area contributed by atoms with Crippen LogP contribution < -0.4 is 10.5 Å². The number of ether oxygens (including phenoxy) is 1. The molecule has 1 aliphatic rings. The van der Waals surface area contributed by atoms with Crippen LogP contribution >= 0.6 is 0 Å². The zero-order chi connectivity index (χ0) is 14.8. The maximum atomic E-state index is 6.20. The minimum atomic E-state index is 0.0779. The van der Waals surface area contributed by atoms with Crippen molar-refractivity contribution in [1.29, 1.82) is 0 Å². The molecule has 0 amide bonds. The molecule has 0 bridgehead atoms. The summed E-state index contributed by atoms with van der Waals surface area (Å²) in [7, 11) is 1.68. The molecule has 0 fully saturated rings. The molecule has 1 atom stereocenters. The van der Waals surface area contributed by atoms with Gasteiger partial charge in [-0.25, -0.2) is 9.97 Å². The van der Waals surface area contributed by atoms with E-state index in [1.807, 2.05) is 25.3 Å². The summed E-state index contributed by atoms with van der Waals surface area (Å²) in [5, 5.41) is 0. The highest BCUT2D eigenvalue weighted by Crippen LogP contribution is 2.28. The second-order valence-electron chi connectivity index (χ2n) is 5.63. The Morgan fingerprint density at radius 1 is 1.29 bits per heavy atom. The van der Waals surface area contributed by atoms with E-state index in [1.165, 1.54) is 0 Å². The first-order valence-corrected chi connectivity index (χ1v) is 7.45. The Bertz CT molecular complexity index is 654. The number of fused-ring (bicyclic) bond motifs is 1. The number of nitrogens with zero attached hydrogens (tertiary/aromatic N) is 2. The Morgan fingerprint density at radius 2 is 2.14 bits per heavy atom. The van der Waals surface area contributed by atoms with Crippen molar-refractivity contribution in [2.75, 3.05) is 7.11 Å². The fourth-order valence-corrected chi connectivity index (χ4v) is 2.91. The molecule has 110 valence electrons. The van der Waals surface area contributed by atoms with Crippen LogP contribution in [0.1, 0.15) is 42.1 Å². The molecule has 1 aliphatic carbocycles. The van der Waals surface area contributed by atoms with Gasteiger partial charge in [-0.05, 0) is 49.9 Å². The molecule has 0 saturated carbocycles. The van der Waals surface area contributed by atoms with Crippen LogP contribution in [-0.2, 0) is 6.42 Å². The van der Waals surface area contributed by atoms with E-state index in [4.69, 9.17) is 15.5 Å². The average Bonchev–Trinajstić information content (AvgIpc) is 2.68.